The van der Waals surface area contributed by atoms with E-state index in [0.717, 1.165) is 16.7 Å². The van der Waals surface area contributed by atoms with Crippen LogP contribution in [0.3, 0.4) is 0 Å². The van der Waals surface area contributed by atoms with Crippen molar-refractivity contribution in [2.75, 3.05) is 5.73 Å². The van der Waals surface area contributed by atoms with Gasteiger partial charge in [-0.2, -0.15) is 0 Å². The molecule has 0 radical (unpaired) electrons. The van der Waals surface area contributed by atoms with Gasteiger partial charge < -0.3 is 5.73 Å². The van der Waals surface area contributed by atoms with Gasteiger partial charge >= 0.3 is 0 Å². The van der Waals surface area contributed by atoms with E-state index in [4.69, 9.17) is 5.73 Å². The number of hydrogen-bond donors (Lipinski definition) is 1. The highest BCUT2D eigenvalue weighted by molar-refractivity contribution is 5.71. The lowest BCUT2D eigenvalue weighted by Gasteiger charge is -2.09. The first-order valence-electron chi connectivity index (χ1n) is 5.32. The molecule has 0 saturated heterocycles. The van der Waals surface area contributed by atoms with Gasteiger partial charge in [-0.15, -0.1) is 0 Å². The second-order valence-corrected chi connectivity index (χ2v) is 4.00. The summed E-state index contributed by atoms with van der Waals surface area (Å²) in [6.45, 7) is 1.95. The van der Waals surface area contributed by atoms with Crippen molar-refractivity contribution in [2.24, 2.45) is 0 Å². The zero-order valence-electron chi connectivity index (χ0n) is 9.45. The molecule has 2 aromatic rings. The van der Waals surface area contributed by atoms with E-state index in [1.54, 1.807) is 6.07 Å². The number of hydrogen-bond acceptors (Lipinski definition) is 1. The van der Waals surface area contributed by atoms with Crippen molar-refractivity contribution in [1.82, 2.24) is 0 Å². The fourth-order valence-electron chi connectivity index (χ4n) is 1.85. The van der Waals surface area contributed by atoms with Crippen molar-refractivity contribution in [2.45, 2.75) is 13.3 Å². The van der Waals surface area contributed by atoms with Crippen LogP contribution in [0, 0.1) is 6.92 Å². The van der Waals surface area contributed by atoms with Gasteiger partial charge in [0.25, 0.3) is 6.43 Å². The smallest absolute Gasteiger partial charge is 0.263 e. The van der Waals surface area contributed by atoms with Gasteiger partial charge in [-0.25, -0.2) is 8.78 Å². The molecular weight excluding hydrogens is 220 g/mol. The molecule has 2 N–H and O–H groups in total. The first-order chi connectivity index (χ1) is 8.08. The largest absolute Gasteiger partial charge is 0.399 e. The Bertz CT molecular complexity index is 535. The molecule has 3 heteroatoms. The number of aryl methyl sites for hydroxylation is 1. The topological polar surface area (TPSA) is 26.0 Å². The van der Waals surface area contributed by atoms with Crippen LogP contribution < -0.4 is 5.73 Å². The van der Waals surface area contributed by atoms with Crippen LogP contribution in [-0.2, 0) is 0 Å². The molecule has 0 amide bonds. The van der Waals surface area contributed by atoms with E-state index in [0.29, 0.717) is 5.69 Å². The van der Waals surface area contributed by atoms with Crippen molar-refractivity contribution in [3.8, 4) is 11.1 Å². The van der Waals surface area contributed by atoms with Crippen LogP contribution in [-0.4, -0.2) is 0 Å². The summed E-state index contributed by atoms with van der Waals surface area (Å²) in [5.41, 5.74) is 8.68. The van der Waals surface area contributed by atoms with Crippen LogP contribution in [0.2, 0.25) is 0 Å². The van der Waals surface area contributed by atoms with Crippen LogP contribution >= 0.6 is 0 Å². The summed E-state index contributed by atoms with van der Waals surface area (Å²) in [5, 5.41) is 0. The summed E-state index contributed by atoms with van der Waals surface area (Å²) in [4.78, 5) is 0. The Morgan fingerprint density at radius 2 is 1.76 bits per heavy atom. The van der Waals surface area contributed by atoms with Gasteiger partial charge in [-0.3, -0.25) is 0 Å². The van der Waals surface area contributed by atoms with Crippen molar-refractivity contribution in [1.29, 1.82) is 0 Å². The number of halogens is 2. The lowest BCUT2D eigenvalue weighted by atomic mass is 9.98. The van der Waals surface area contributed by atoms with Gasteiger partial charge in [0.05, 0.1) is 0 Å². The number of nitrogen functional groups attached to an aromatic ring is 1. The Kier molecular flexibility index (Phi) is 3.09. The summed E-state index contributed by atoms with van der Waals surface area (Å²) >= 11 is 0. The average Bonchev–Trinajstić information content (AvgIpc) is 2.28. The highest BCUT2D eigenvalue weighted by Crippen LogP contribution is 2.30. The maximum Gasteiger partial charge on any atom is 0.263 e. The minimum absolute atomic E-state index is 0.0387. The highest BCUT2D eigenvalue weighted by atomic mass is 19.3. The highest BCUT2D eigenvalue weighted by Gasteiger charge is 2.10. The molecule has 0 spiro atoms. The van der Waals surface area contributed by atoms with Crippen molar-refractivity contribution < 1.29 is 8.78 Å². The van der Waals surface area contributed by atoms with Crippen LogP contribution in [0.25, 0.3) is 11.1 Å². The van der Waals surface area contributed by atoms with Gasteiger partial charge in [0.15, 0.2) is 0 Å². The SMILES string of the molecule is Cc1ccccc1-c1cc(N)cc(C(F)F)c1. The second kappa shape index (κ2) is 4.53. The van der Waals surface area contributed by atoms with Crippen LogP contribution in [0.5, 0.6) is 0 Å². The van der Waals surface area contributed by atoms with Gasteiger partial charge in [-0.05, 0) is 41.8 Å². The molecule has 0 heterocycles. The first-order valence-corrected chi connectivity index (χ1v) is 5.32. The second-order valence-electron chi connectivity index (χ2n) is 4.00. The number of rotatable bonds is 2. The summed E-state index contributed by atoms with van der Waals surface area (Å²) in [5.74, 6) is 0. The van der Waals surface area contributed by atoms with E-state index in [9.17, 15) is 8.78 Å². The minimum atomic E-state index is -2.50. The quantitative estimate of drug-likeness (QED) is 0.773. The molecule has 0 atom stereocenters. The molecular formula is C14H13F2N. The molecule has 0 fully saturated rings. The molecule has 0 aliphatic heterocycles. The third-order valence-corrected chi connectivity index (χ3v) is 2.69. The lowest BCUT2D eigenvalue weighted by molar-refractivity contribution is 0.151. The fourth-order valence-corrected chi connectivity index (χ4v) is 1.85. The molecule has 2 rings (SSSR count). The number of anilines is 1. The van der Waals surface area contributed by atoms with E-state index in [2.05, 4.69) is 0 Å². The molecule has 0 aromatic heterocycles. The standard InChI is InChI=1S/C14H13F2N/c1-9-4-2-3-5-13(9)10-6-11(14(15)16)8-12(17)7-10/h2-8,14H,17H2,1H3. The Morgan fingerprint density at radius 3 is 2.41 bits per heavy atom. The molecule has 0 bridgehead atoms. The molecule has 0 aliphatic rings. The lowest BCUT2D eigenvalue weighted by Crippen LogP contribution is -1.92. The zero-order valence-corrected chi connectivity index (χ0v) is 9.45. The molecule has 2 aromatic carbocycles. The maximum absolute atomic E-state index is 12.7. The van der Waals surface area contributed by atoms with Crippen LogP contribution in [0.4, 0.5) is 14.5 Å². The van der Waals surface area contributed by atoms with E-state index in [1.807, 2.05) is 31.2 Å². The number of alkyl halides is 2. The van der Waals surface area contributed by atoms with Crippen molar-refractivity contribution in [3.63, 3.8) is 0 Å². The van der Waals surface area contributed by atoms with E-state index < -0.39 is 6.43 Å². The van der Waals surface area contributed by atoms with E-state index in [-0.39, 0.29) is 5.56 Å². The monoisotopic (exact) mass is 233 g/mol. The summed E-state index contributed by atoms with van der Waals surface area (Å²) < 4.78 is 25.4. The molecule has 17 heavy (non-hydrogen) atoms. The van der Waals surface area contributed by atoms with Gasteiger partial charge in [-0.1, -0.05) is 24.3 Å². The van der Waals surface area contributed by atoms with E-state index in [1.165, 1.54) is 12.1 Å². The predicted octanol–water partition coefficient (Wildman–Crippen LogP) is 4.18. The van der Waals surface area contributed by atoms with Crippen molar-refractivity contribution >= 4 is 5.69 Å². The van der Waals surface area contributed by atoms with Gasteiger partial charge in [0.1, 0.15) is 0 Å². The maximum atomic E-state index is 12.7. The number of benzene rings is 2. The van der Waals surface area contributed by atoms with E-state index >= 15 is 0 Å². The van der Waals surface area contributed by atoms with Gasteiger partial charge in [0, 0.05) is 11.3 Å². The summed E-state index contributed by atoms with van der Waals surface area (Å²) in [7, 11) is 0. The predicted molar refractivity (Wildman–Crippen MR) is 66.0 cm³/mol. The molecule has 0 aliphatic carbocycles. The fraction of sp³-hybridized carbons (Fsp3) is 0.143. The Morgan fingerprint density at radius 1 is 1.06 bits per heavy atom. The Balaban J connectivity index is 2.56. The normalized spacial score (nSPS) is 10.8. The third-order valence-electron chi connectivity index (χ3n) is 2.69. The Labute approximate surface area is 98.9 Å². The molecule has 1 nitrogen and oxygen atoms in total. The zero-order chi connectivity index (χ0) is 12.4. The third kappa shape index (κ3) is 2.44. The van der Waals surface area contributed by atoms with Crippen molar-refractivity contribution in [3.05, 3.63) is 53.6 Å². The summed E-state index contributed by atoms with van der Waals surface area (Å²) in [6, 6.07) is 12.2. The first kappa shape index (κ1) is 11.6. The molecule has 88 valence electrons. The van der Waals surface area contributed by atoms with Gasteiger partial charge in [0.2, 0.25) is 0 Å². The molecule has 0 saturated carbocycles. The van der Waals surface area contributed by atoms with Crippen LogP contribution in [0.15, 0.2) is 42.5 Å². The number of nitrogens with two attached hydrogens (primary N) is 1. The average molecular weight is 233 g/mol. The van der Waals surface area contributed by atoms with Crippen LogP contribution in [0.1, 0.15) is 17.6 Å². The minimum Gasteiger partial charge on any atom is -0.399 e. The molecule has 0 unspecified atom stereocenters. The summed E-state index contributed by atoms with van der Waals surface area (Å²) in [6.07, 6.45) is -2.50. The Hall–Kier alpha value is -1.90.